The molecule has 0 amide bonds. The zero-order chi connectivity index (χ0) is 42.7. The molecule has 11 rings (SSSR count). The van der Waals surface area contributed by atoms with Crippen LogP contribution in [0.4, 0.5) is 34.1 Å². The molecule has 2 aliphatic carbocycles. The highest BCUT2D eigenvalue weighted by Crippen LogP contribution is 2.60. The lowest BCUT2D eigenvalue weighted by molar-refractivity contribution is 0.602. The van der Waals surface area contributed by atoms with Crippen molar-refractivity contribution in [3.63, 3.8) is 0 Å². The van der Waals surface area contributed by atoms with Gasteiger partial charge in [-0.2, -0.15) is 0 Å². The first-order valence-electron chi connectivity index (χ1n) is 22.1. The second-order valence-electron chi connectivity index (χ2n) is 18.8. The molecular formula is C60H52N2. The summed E-state index contributed by atoms with van der Waals surface area (Å²) >= 11 is 0. The fourth-order valence-electron chi connectivity index (χ4n) is 11.0. The lowest BCUT2D eigenvalue weighted by Crippen LogP contribution is -2.24. The summed E-state index contributed by atoms with van der Waals surface area (Å²) in [5.74, 6) is 0. The van der Waals surface area contributed by atoms with Crippen LogP contribution in [0.1, 0.15) is 72.2 Å². The van der Waals surface area contributed by atoms with Gasteiger partial charge in [-0.1, -0.05) is 125 Å². The van der Waals surface area contributed by atoms with Crippen LogP contribution in [0.2, 0.25) is 0 Å². The molecule has 0 saturated carbocycles. The van der Waals surface area contributed by atoms with Gasteiger partial charge in [-0.3, -0.25) is 0 Å². The molecule has 0 aliphatic heterocycles. The van der Waals surface area contributed by atoms with E-state index in [4.69, 9.17) is 0 Å². The molecule has 0 saturated heterocycles. The maximum absolute atomic E-state index is 2.49. The second kappa shape index (κ2) is 13.8. The first-order chi connectivity index (χ1) is 29.9. The fourth-order valence-corrected chi connectivity index (χ4v) is 11.0. The van der Waals surface area contributed by atoms with Gasteiger partial charge < -0.3 is 9.80 Å². The predicted octanol–water partition coefficient (Wildman–Crippen LogP) is 16.8. The maximum Gasteiger partial charge on any atom is 0.0490 e. The van der Waals surface area contributed by atoms with Gasteiger partial charge in [0.25, 0.3) is 0 Å². The zero-order valence-corrected chi connectivity index (χ0v) is 37.1. The largest absolute Gasteiger partial charge is 0.310 e. The Labute approximate surface area is 366 Å². The van der Waals surface area contributed by atoms with Crippen LogP contribution in [-0.2, 0) is 10.8 Å². The third-order valence-electron chi connectivity index (χ3n) is 14.2. The van der Waals surface area contributed by atoms with Crippen LogP contribution < -0.4 is 9.80 Å². The molecule has 62 heavy (non-hydrogen) atoms. The minimum absolute atomic E-state index is 0.195. The molecular weight excluding hydrogens is 749 g/mol. The average molecular weight is 801 g/mol. The minimum atomic E-state index is -0.195. The van der Waals surface area contributed by atoms with Crippen molar-refractivity contribution in [1.82, 2.24) is 0 Å². The minimum Gasteiger partial charge on any atom is -0.310 e. The van der Waals surface area contributed by atoms with Crippen LogP contribution in [0, 0.1) is 27.7 Å². The van der Waals surface area contributed by atoms with E-state index in [-0.39, 0.29) is 10.8 Å². The third-order valence-corrected chi connectivity index (χ3v) is 14.2. The molecule has 0 atom stereocenters. The number of aryl methyl sites for hydroxylation is 4. The van der Waals surface area contributed by atoms with E-state index in [1.165, 1.54) is 122 Å². The van der Waals surface area contributed by atoms with E-state index < -0.39 is 0 Å². The van der Waals surface area contributed by atoms with E-state index in [1.54, 1.807) is 0 Å². The summed E-state index contributed by atoms with van der Waals surface area (Å²) in [5, 5.41) is 5.06. The van der Waals surface area contributed by atoms with Gasteiger partial charge in [-0.15, -0.1) is 0 Å². The summed E-state index contributed by atoms with van der Waals surface area (Å²) < 4.78 is 0. The average Bonchev–Trinajstić information content (AvgIpc) is 3.62. The standard InChI is InChI=1S/C60H52N2/c1-37-17-9-13-21-53(37)61(54-22-14-10-18-38(54)2)45-27-25-41-33-49-47-29-30-48-50-34-42-26-28-46(62(55-23-15-11-19-39(55)3)56-24-16-12-20-40(56)4)32-44(42)36-52(50)60(7,8)58(48)57(47)59(5,6)51(49)35-43(41)31-45/h9-36H,1-8H3. The highest BCUT2D eigenvalue weighted by atomic mass is 15.2. The molecule has 9 aromatic carbocycles. The van der Waals surface area contributed by atoms with Crippen molar-refractivity contribution in [2.75, 3.05) is 9.80 Å². The summed E-state index contributed by atoms with van der Waals surface area (Å²) in [6.07, 6.45) is 0. The summed E-state index contributed by atoms with van der Waals surface area (Å²) in [5.41, 5.74) is 22.9. The maximum atomic E-state index is 2.49. The highest BCUT2D eigenvalue weighted by Gasteiger charge is 2.46. The number of hydrogen-bond donors (Lipinski definition) is 0. The van der Waals surface area contributed by atoms with Crippen LogP contribution >= 0.6 is 0 Å². The Bertz CT molecular complexity index is 3000. The van der Waals surface area contributed by atoms with Gasteiger partial charge in [0.05, 0.1) is 0 Å². The lowest BCUT2D eigenvalue weighted by Gasteiger charge is -2.31. The molecule has 0 N–H and O–H groups in total. The number of hydrogen-bond acceptors (Lipinski definition) is 2. The Hall–Kier alpha value is -6.90. The first-order valence-corrected chi connectivity index (χ1v) is 22.1. The summed E-state index contributed by atoms with van der Waals surface area (Å²) in [4.78, 5) is 4.86. The highest BCUT2D eigenvalue weighted by molar-refractivity contribution is 6.01. The van der Waals surface area contributed by atoms with E-state index in [0.29, 0.717) is 0 Å². The Morgan fingerprint density at radius 3 is 0.952 bits per heavy atom. The molecule has 0 radical (unpaired) electrons. The molecule has 302 valence electrons. The lowest BCUT2D eigenvalue weighted by atomic mass is 9.72. The Morgan fingerprint density at radius 1 is 0.306 bits per heavy atom. The molecule has 0 fully saturated rings. The van der Waals surface area contributed by atoms with Gasteiger partial charge in [0.15, 0.2) is 0 Å². The number of benzene rings is 9. The van der Waals surface area contributed by atoms with Crippen molar-refractivity contribution in [3.8, 4) is 22.3 Å². The van der Waals surface area contributed by atoms with Crippen LogP contribution in [0.25, 0.3) is 43.8 Å². The van der Waals surface area contributed by atoms with Gasteiger partial charge in [0.1, 0.15) is 0 Å². The van der Waals surface area contributed by atoms with Crippen molar-refractivity contribution < 1.29 is 0 Å². The van der Waals surface area contributed by atoms with Gasteiger partial charge in [-0.25, -0.2) is 0 Å². The normalized spacial score (nSPS) is 14.1. The van der Waals surface area contributed by atoms with E-state index in [9.17, 15) is 0 Å². The van der Waals surface area contributed by atoms with Crippen molar-refractivity contribution in [2.45, 2.75) is 66.2 Å². The van der Waals surface area contributed by atoms with Gasteiger partial charge in [0, 0.05) is 45.0 Å². The third kappa shape index (κ3) is 5.62. The molecule has 2 aliphatic rings. The molecule has 0 heterocycles. The van der Waals surface area contributed by atoms with Gasteiger partial charge in [-0.05, 0) is 189 Å². The van der Waals surface area contributed by atoms with E-state index >= 15 is 0 Å². The van der Waals surface area contributed by atoms with Crippen molar-refractivity contribution >= 4 is 55.7 Å². The number of rotatable bonds is 6. The smallest absolute Gasteiger partial charge is 0.0490 e. The number of anilines is 6. The summed E-state index contributed by atoms with van der Waals surface area (Å²) in [7, 11) is 0. The second-order valence-corrected chi connectivity index (χ2v) is 18.8. The molecule has 2 nitrogen and oxygen atoms in total. The SMILES string of the molecule is Cc1ccccc1N(c1ccc2cc3c(cc2c1)C(C)(C)c1c-3ccc2c1C(C)(C)c1cc3cc(N(c4ccccc4C)c4ccccc4C)ccc3cc1-2)c1ccccc1C. The number of nitrogens with zero attached hydrogens (tertiary/aromatic N) is 2. The molecule has 9 aromatic rings. The Kier molecular flexibility index (Phi) is 8.48. The summed E-state index contributed by atoms with van der Waals surface area (Å²) in [6.45, 7) is 18.6. The molecule has 2 heteroatoms. The van der Waals surface area contributed by atoms with Crippen molar-refractivity contribution in [1.29, 1.82) is 0 Å². The Morgan fingerprint density at radius 2 is 0.629 bits per heavy atom. The fraction of sp³-hybridized carbons (Fsp3) is 0.167. The van der Waals surface area contributed by atoms with Crippen LogP contribution in [0.5, 0.6) is 0 Å². The van der Waals surface area contributed by atoms with Gasteiger partial charge >= 0.3 is 0 Å². The monoisotopic (exact) mass is 800 g/mol. The quantitative estimate of drug-likeness (QED) is 0.165. The van der Waals surface area contributed by atoms with Crippen molar-refractivity contribution in [3.05, 3.63) is 214 Å². The van der Waals surface area contributed by atoms with Crippen molar-refractivity contribution in [2.24, 2.45) is 0 Å². The summed E-state index contributed by atoms with van der Waals surface area (Å²) in [6, 6.07) is 63.7. The topological polar surface area (TPSA) is 6.48 Å². The van der Waals surface area contributed by atoms with Crippen LogP contribution in [0.3, 0.4) is 0 Å². The van der Waals surface area contributed by atoms with Gasteiger partial charge in [0.2, 0.25) is 0 Å². The molecule has 0 unspecified atom stereocenters. The van der Waals surface area contributed by atoms with E-state index in [2.05, 4.69) is 235 Å². The van der Waals surface area contributed by atoms with Crippen LogP contribution in [0.15, 0.2) is 170 Å². The van der Waals surface area contributed by atoms with E-state index in [0.717, 1.165) is 0 Å². The molecule has 0 aromatic heterocycles. The predicted molar refractivity (Wildman–Crippen MR) is 265 cm³/mol. The molecule has 0 bridgehead atoms. The number of fused-ring (bicyclic) bond motifs is 9. The Balaban J connectivity index is 1.02. The molecule has 0 spiro atoms. The zero-order valence-electron chi connectivity index (χ0n) is 37.1. The number of para-hydroxylation sites is 4. The van der Waals surface area contributed by atoms with Crippen LogP contribution in [-0.4, -0.2) is 0 Å². The van der Waals surface area contributed by atoms with E-state index in [1.807, 2.05) is 0 Å². The first kappa shape index (κ1) is 38.1.